The Morgan fingerprint density at radius 1 is 1.18 bits per heavy atom. The van der Waals surface area contributed by atoms with E-state index in [1.165, 1.54) is 6.20 Å². The lowest BCUT2D eigenvalue weighted by atomic mass is 10.1. The Hall–Kier alpha value is -3.40. The molecule has 0 saturated carbocycles. The molecule has 0 atom stereocenters. The van der Waals surface area contributed by atoms with Gasteiger partial charge in [-0.05, 0) is 45.7 Å². The van der Waals surface area contributed by atoms with Crippen LogP contribution >= 0.6 is 0 Å². The van der Waals surface area contributed by atoms with Gasteiger partial charge in [-0.3, -0.25) is 4.79 Å². The van der Waals surface area contributed by atoms with Crippen LogP contribution in [0.4, 0.5) is 16.0 Å². The topological polar surface area (TPSA) is 98.1 Å². The average molecular weight is 454 g/mol. The highest BCUT2D eigenvalue weighted by Crippen LogP contribution is 2.31. The summed E-state index contributed by atoms with van der Waals surface area (Å²) in [6.45, 7) is 7.11. The Morgan fingerprint density at radius 2 is 1.94 bits per heavy atom. The first-order chi connectivity index (χ1) is 15.8. The van der Waals surface area contributed by atoms with Crippen LogP contribution in [0.5, 0.6) is 0 Å². The molecule has 0 spiro atoms. The molecule has 0 aromatic carbocycles. The van der Waals surface area contributed by atoms with E-state index in [4.69, 9.17) is 4.74 Å². The largest absolute Gasteiger partial charge is 0.381 e. The van der Waals surface area contributed by atoms with Crippen LogP contribution in [0, 0.1) is 12.7 Å². The SMILES string of the molecule is Cc1ncc(-c2nc(Nc3ccc(C(=O)N(C)C(C)C)nc3)ncc2F)n1C1CCOCC1. The van der Waals surface area contributed by atoms with Gasteiger partial charge < -0.3 is 19.5 Å². The number of anilines is 2. The van der Waals surface area contributed by atoms with E-state index in [1.807, 2.05) is 25.3 Å². The van der Waals surface area contributed by atoms with Gasteiger partial charge in [0.1, 0.15) is 17.2 Å². The lowest BCUT2D eigenvalue weighted by Gasteiger charge is -2.26. The number of carbonyl (C=O) groups excluding carboxylic acids is 1. The van der Waals surface area contributed by atoms with Gasteiger partial charge in [-0.25, -0.2) is 24.3 Å². The first-order valence-corrected chi connectivity index (χ1v) is 11.0. The maximum absolute atomic E-state index is 14.8. The molecule has 174 valence electrons. The molecule has 3 aromatic heterocycles. The van der Waals surface area contributed by atoms with Crippen LogP contribution in [0.15, 0.2) is 30.7 Å². The number of amides is 1. The van der Waals surface area contributed by atoms with E-state index in [0.717, 1.165) is 24.9 Å². The van der Waals surface area contributed by atoms with E-state index in [1.54, 1.807) is 30.3 Å². The molecule has 33 heavy (non-hydrogen) atoms. The number of carbonyl (C=O) groups is 1. The second-order valence-electron chi connectivity index (χ2n) is 8.36. The van der Waals surface area contributed by atoms with Crippen molar-refractivity contribution in [1.82, 2.24) is 29.4 Å². The minimum atomic E-state index is -0.524. The van der Waals surface area contributed by atoms with Crippen LogP contribution in [0.1, 0.15) is 49.0 Å². The molecule has 1 N–H and O–H groups in total. The summed E-state index contributed by atoms with van der Waals surface area (Å²) in [5.41, 5.74) is 1.72. The summed E-state index contributed by atoms with van der Waals surface area (Å²) in [6, 6.07) is 3.61. The van der Waals surface area contributed by atoms with Crippen molar-refractivity contribution in [2.75, 3.05) is 25.6 Å². The number of pyridine rings is 1. The van der Waals surface area contributed by atoms with Crippen LogP contribution in [0.25, 0.3) is 11.4 Å². The highest BCUT2D eigenvalue weighted by molar-refractivity contribution is 5.92. The van der Waals surface area contributed by atoms with Gasteiger partial charge in [0.05, 0.1) is 30.0 Å². The maximum atomic E-state index is 14.8. The molecule has 9 nitrogen and oxygen atoms in total. The number of ether oxygens (including phenoxy) is 1. The Balaban J connectivity index is 1.57. The van der Waals surface area contributed by atoms with Gasteiger partial charge in [0.2, 0.25) is 5.95 Å². The van der Waals surface area contributed by atoms with Crippen LogP contribution < -0.4 is 5.32 Å². The van der Waals surface area contributed by atoms with E-state index in [9.17, 15) is 9.18 Å². The molecule has 0 bridgehead atoms. The monoisotopic (exact) mass is 453 g/mol. The molecule has 4 rings (SSSR count). The maximum Gasteiger partial charge on any atom is 0.272 e. The molecule has 1 amide bonds. The summed E-state index contributed by atoms with van der Waals surface area (Å²) in [6.07, 6.45) is 6.00. The summed E-state index contributed by atoms with van der Waals surface area (Å²) < 4.78 is 22.3. The third-order valence-corrected chi connectivity index (χ3v) is 5.86. The zero-order valence-corrected chi connectivity index (χ0v) is 19.2. The molecule has 10 heteroatoms. The smallest absolute Gasteiger partial charge is 0.272 e. The summed E-state index contributed by atoms with van der Waals surface area (Å²) in [4.78, 5) is 31.2. The number of imidazole rings is 1. The van der Waals surface area contributed by atoms with E-state index in [2.05, 4.69) is 25.3 Å². The average Bonchev–Trinajstić information content (AvgIpc) is 3.21. The van der Waals surface area contributed by atoms with Crippen molar-refractivity contribution in [2.24, 2.45) is 0 Å². The fourth-order valence-corrected chi connectivity index (χ4v) is 3.78. The van der Waals surface area contributed by atoms with E-state index < -0.39 is 5.82 Å². The zero-order chi connectivity index (χ0) is 23.5. The molecule has 4 heterocycles. The molecular formula is C23H28FN7O2. The third kappa shape index (κ3) is 4.85. The fraction of sp³-hybridized carbons (Fsp3) is 0.435. The lowest BCUT2D eigenvalue weighted by molar-refractivity contribution is 0.0694. The first kappa shape index (κ1) is 22.8. The van der Waals surface area contributed by atoms with E-state index in [0.29, 0.717) is 30.3 Å². The fourth-order valence-electron chi connectivity index (χ4n) is 3.78. The van der Waals surface area contributed by atoms with Crippen molar-refractivity contribution in [3.05, 3.63) is 48.1 Å². The lowest BCUT2D eigenvalue weighted by Crippen LogP contribution is -2.33. The Morgan fingerprint density at radius 3 is 2.61 bits per heavy atom. The van der Waals surface area contributed by atoms with Crippen LogP contribution in [-0.2, 0) is 4.74 Å². The highest BCUT2D eigenvalue weighted by Gasteiger charge is 2.24. The predicted molar refractivity (Wildman–Crippen MR) is 122 cm³/mol. The quantitative estimate of drug-likeness (QED) is 0.607. The standard InChI is InChI=1S/C23H28FN7O2/c1-14(2)30(4)22(32)19-6-5-16(11-26-19)28-23-27-12-18(24)21(29-23)20-13-25-15(3)31(20)17-7-9-33-10-8-17/h5-6,11-14,17H,7-10H2,1-4H3,(H,27,28,29). The minimum Gasteiger partial charge on any atom is -0.381 e. The van der Waals surface area contributed by atoms with Crippen molar-refractivity contribution >= 4 is 17.5 Å². The summed E-state index contributed by atoms with van der Waals surface area (Å²) in [5.74, 6) is 0.349. The number of rotatable bonds is 6. The Labute approximate surface area is 192 Å². The molecule has 3 aromatic rings. The number of nitrogens with one attached hydrogen (secondary N) is 1. The predicted octanol–water partition coefficient (Wildman–Crippen LogP) is 3.76. The molecule has 0 unspecified atom stereocenters. The van der Waals surface area contributed by atoms with E-state index >= 15 is 0 Å². The Bertz CT molecular complexity index is 1120. The van der Waals surface area contributed by atoms with Gasteiger partial charge in [0, 0.05) is 32.3 Å². The van der Waals surface area contributed by atoms with Crippen molar-refractivity contribution in [3.63, 3.8) is 0 Å². The van der Waals surface area contributed by atoms with Crippen molar-refractivity contribution in [1.29, 1.82) is 0 Å². The van der Waals surface area contributed by atoms with Crippen LogP contribution in [0.3, 0.4) is 0 Å². The van der Waals surface area contributed by atoms with Gasteiger partial charge >= 0.3 is 0 Å². The number of hydrogen-bond donors (Lipinski definition) is 1. The van der Waals surface area contributed by atoms with Gasteiger partial charge in [-0.2, -0.15) is 0 Å². The second kappa shape index (κ2) is 9.62. The van der Waals surface area contributed by atoms with Crippen molar-refractivity contribution in [3.8, 4) is 11.4 Å². The number of aromatic nitrogens is 5. The highest BCUT2D eigenvalue weighted by atomic mass is 19.1. The second-order valence-corrected chi connectivity index (χ2v) is 8.36. The molecule has 0 aliphatic carbocycles. The molecular weight excluding hydrogens is 425 g/mol. The van der Waals surface area contributed by atoms with Gasteiger partial charge in [0.15, 0.2) is 5.82 Å². The van der Waals surface area contributed by atoms with Gasteiger partial charge in [-0.1, -0.05) is 0 Å². The zero-order valence-electron chi connectivity index (χ0n) is 19.2. The summed E-state index contributed by atoms with van der Waals surface area (Å²) in [7, 11) is 1.74. The number of hydrogen-bond acceptors (Lipinski definition) is 7. The molecule has 1 saturated heterocycles. The van der Waals surface area contributed by atoms with E-state index in [-0.39, 0.29) is 29.6 Å². The summed E-state index contributed by atoms with van der Waals surface area (Å²) in [5, 5.41) is 3.04. The van der Waals surface area contributed by atoms with Crippen molar-refractivity contribution in [2.45, 2.75) is 45.7 Å². The molecule has 1 aliphatic rings. The Kier molecular flexibility index (Phi) is 6.64. The molecule has 1 fully saturated rings. The van der Waals surface area contributed by atoms with Gasteiger partial charge in [0.25, 0.3) is 5.91 Å². The first-order valence-electron chi connectivity index (χ1n) is 11.0. The number of nitrogens with zero attached hydrogens (tertiary/aromatic N) is 6. The molecule has 0 radical (unpaired) electrons. The number of halogens is 1. The summed E-state index contributed by atoms with van der Waals surface area (Å²) >= 11 is 0. The molecule has 1 aliphatic heterocycles. The van der Waals surface area contributed by atoms with Crippen LogP contribution in [-0.4, -0.2) is 61.6 Å². The van der Waals surface area contributed by atoms with Crippen LogP contribution in [0.2, 0.25) is 0 Å². The normalized spacial score (nSPS) is 14.5. The van der Waals surface area contributed by atoms with Crippen molar-refractivity contribution < 1.29 is 13.9 Å². The van der Waals surface area contributed by atoms with Gasteiger partial charge in [-0.15, -0.1) is 0 Å². The number of aryl methyl sites for hydroxylation is 1. The minimum absolute atomic E-state index is 0.0707. The third-order valence-electron chi connectivity index (χ3n) is 5.86.